The van der Waals surface area contributed by atoms with E-state index in [1.165, 1.54) is 12.1 Å². The average molecular weight is 660 g/mol. The number of sulfonamides is 1. The second kappa shape index (κ2) is 14.1. The van der Waals surface area contributed by atoms with Gasteiger partial charge < -0.3 is 15.4 Å². The lowest BCUT2D eigenvalue weighted by Gasteiger charge is -2.23. The molecule has 6 rings (SSSR count). The first kappa shape index (κ1) is 32.6. The van der Waals surface area contributed by atoms with Crippen molar-refractivity contribution in [3.8, 4) is 29.0 Å². The van der Waals surface area contributed by atoms with E-state index in [1.807, 2.05) is 19.1 Å². The summed E-state index contributed by atoms with van der Waals surface area (Å²) in [5, 5.41) is 16.9. The van der Waals surface area contributed by atoms with E-state index in [4.69, 9.17) is 9.72 Å². The van der Waals surface area contributed by atoms with E-state index in [-0.39, 0.29) is 35.6 Å². The number of pyridine rings is 1. The summed E-state index contributed by atoms with van der Waals surface area (Å²) in [5.41, 5.74) is 2.30. The lowest BCUT2D eigenvalue weighted by molar-refractivity contribution is 0.466. The molecule has 0 aliphatic carbocycles. The molecule has 0 amide bonds. The quantitative estimate of drug-likeness (QED) is 0.165. The van der Waals surface area contributed by atoms with E-state index in [0.717, 1.165) is 31.5 Å². The van der Waals surface area contributed by atoms with Gasteiger partial charge in [-0.1, -0.05) is 30.3 Å². The van der Waals surface area contributed by atoms with Crippen LogP contribution < -0.4 is 20.1 Å². The average Bonchev–Trinajstić information content (AvgIpc) is 3.04. The van der Waals surface area contributed by atoms with Crippen molar-refractivity contribution in [2.45, 2.75) is 31.6 Å². The fourth-order valence-electron chi connectivity index (χ4n) is 5.35. The van der Waals surface area contributed by atoms with Crippen molar-refractivity contribution in [3.05, 3.63) is 102 Å². The number of benzene rings is 3. The third-order valence-electron chi connectivity index (χ3n) is 7.57. The molecule has 3 heterocycles. The molecule has 1 fully saturated rings. The highest BCUT2D eigenvalue weighted by Gasteiger charge is 2.22. The van der Waals surface area contributed by atoms with E-state index in [0.29, 0.717) is 39.3 Å². The zero-order valence-electron chi connectivity index (χ0n) is 24.8. The van der Waals surface area contributed by atoms with Crippen LogP contribution in [0.3, 0.4) is 0 Å². The second-order valence-electron chi connectivity index (χ2n) is 10.8. The Labute approximate surface area is 272 Å². The van der Waals surface area contributed by atoms with Gasteiger partial charge in [0.15, 0.2) is 0 Å². The van der Waals surface area contributed by atoms with Gasteiger partial charge in [-0.15, -0.1) is 12.4 Å². The summed E-state index contributed by atoms with van der Waals surface area (Å²) in [6.07, 6.45) is 5.38. The summed E-state index contributed by atoms with van der Waals surface area (Å²) in [7, 11) is -4.09. The summed E-state index contributed by atoms with van der Waals surface area (Å²) in [5.74, 6) is -0.0732. The van der Waals surface area contributed by atoms with Crippen molar-refractivity contribution < 1.29 is 17.5 Å². The van der Waals surface area contributed by atoms with Crippen LogP contribution in [0.5, 0.6) is 11.6 Å². The highest BCUT2D eigenvalue weighted by molar-refractivity contribution is 7.91. The number of nitriles is 1. The molecule has 3 aromatic carbocycles. The molecule has 0 bridgehead atoms. The van der Waals surface area contributed by atoms with E-state index in [9.17, 15) is 13.7 Å². The minimum Gasteiger partial charge on any atom is -0.437 e. The Kier molecular flexibility index (Phi) is 9.96. The summed E-state index contributed by atoms with van der Waals surface area (Å²) < 4.78 is 50.4. The molecule has 236 valence electrons. The fraction of sp³-hybridized carbons (Fsp3) is 0.212. The van der Waals surface area contributed by atoms with Crippen LogP contribution in [0.2, 0.25) is 0 Å². The van der Waals surface area contributed by atoms with Gasteiger partial charge in [0.05, 0.1) is 34.3 Å². The number of piperidine rings is 1. The number of halogens is 2. The molecular weight excluding hydrogens is 629 g/mol. The smallest absolute Gasteiger partial charge is 0.237 e. The highest BCUT2D eigenvalue weighted by Crippen LogP contribution is 2.40. The van der Waals surface area contributed by atoms with Gasteiger partial charge in [0.1, 0.15) is 11.6 Å². The number of hydrogen-bond acceptors (Lipinski definition) is 9. The van der Waals surface area contributed by atoms with Gasteiger partial charge in [0.2, 0.25) is 21.9 Å². The molecule has 10 nitrogen and oxygen atoms in total. The Morgan fingerprint density at radius 3 is 2.67 bits per heavy atom. The SMILES string of the molecule is Cc1ccc2c(NS(=O)(=O)Cc3ccccc3C#N)c(F)ccc2c1Oc1ncccc1-c1ccnc(N[C@H]2CCCNC2)n1.Cl. The molecule has 5 aromatic rings. The molecule has 1 aliphatic heterocycles. The molecule has 46 heavy (non-hydrogen) atoms. The normalized spacial score (nSPS) is 14.6. The summed E-state index contributed by atoms with van der Waals surface area (Å²) in [4.78, 5) is 13.6. The van der Waals surface area contributed by atoms with Crippen LogP contribution in [0.25, 0.3) is 22.0 Å². The first-order chi connectivity index (χ1) is 21.8. The van der Waals surface area contributed by atoms with Crippen LogP contribution in [0.4, 0.5) is 16.0 Å². The Morgan fingerprint density at radius 2 is 1.87 bits per heavy atom. The van der Waals surface area contributed by atoms with Crippen molar-refractivity contribution in [3.63, 3.8) is 0 Å². The van der Waals surface area contributed by atoms with Gasteiger partial charge in [0.25, 0.3) is 0 Å². The fourth-order valence-corrected chi connectivity index (χ4v) is 6.60. The van der Waals surface area contributed by atoms with Crippen LogP contribution in [0.15, 0.2) is 79.1 Å². The molecule has 0 saturated carbocycles. The van der Waals surface area contributed by atoms with Crippen molar-refractivity contribution in [2.75, 3.05) is 23.1 Å². The van der Waals surface area contributed by atoms with Gasteiger partial charge >= 0.3 is 0 Å². The number of aryl methyl sites for hydroxylation is 1. The Morgan fingerprint density at radius 1 is 1.04 bits per heavy atom. The monoisotopic (exact) mass is 659 g/mol. The molecule has 13 heteroatoms. The van der Waals surface area contributed by atoms with E-state index >= 15 is 4.39 Å². The molecule has 3 N–H and O–H groups in total. The summed E-state index contributed by atoms with van der Waals surface area (Å²) >= 11 is 0. The number of fused-ring (bicyclic) bond motifs is 1. The molecule has 0 radical (unpaired) electrons. The number of anilines is 2. The van der Waals surface area contributed by atoms with Gasteiger partial charge in [-0.25, -0.2) is 27.8 Å². The van der Waals surface area contributed by atoms with Gasteiger partial charge in [0, 0.05) is 35.8 Å². The van der Waals surface area contributed by atoms with Crippen LogP contribution in [0.1, 0.15) is 29.5 Å². The van der Waals surface area contributed by atoms with Crippen LogP contribution in [-0.4, -0.2) is 42.5 Å². The zero-order chi connectivity index (χ0) is 31.4. The van der Waals surface area contributed by atoms with Crippen LogP contribution >= 0.6 is 12.4 Å². The van der Waals surface area contributed by atoms with Gasteiger partial charge in [-0.3, -0.25) is 4.72 Å². The minimum atomic E-state index is -4.09. The maximum Gasteiger partial charge on any atom is 0.237 e. The maximum atomic E-state index is 15.2. The number of hydrogen-bond donors (Lipinski definition) is 3. The number of aromatic nitrogens is 3. The first-order valence-corrected chi connectivity index (χ1v) is 16.1. The standard InChI is InChI=1S/C33H30FN7O3S.ClH/c1-21-10-11-25-26(12-13-28(34)30(25)41-45(42,43)20-23-7-3-2-6-22(23)18-35)31(21)44-32-27(9-5-16-37-32)29-14-17-38-33(40-29)39-24-8-4-15-36-19-24;/h2-3,5-7,9-14,16-17,24,36,41H,4,8,15,19-20H2,1H3,(H,38,39,40);1H/t24-;/m0./s1. The Balaban J connectivity index is 0.00000417. The second-order valence-corrected chi connectivity index (χ2v) is 12.5. The van der Waals surface area contributed by atoms with E-state index in [2.05, 4.69) is 25.3 Å². The van der Waals surface area contributed by atoms with Crippen molar-refractivity contribution in [1.29, 1.82) is 5.26 Å². The van der Waals surface area contributed by atoms with Crippen molar-refractivity contribution >= 4 is 44.8 Å². The van der Waals surface area contributed by atoms with E-state index < -0.39 is 21.6 Å². The number of nitrogens with zero attached hydrogens (tertiary/aromatic N) is 4. The largest absolute Gasteiger partial charge is 0.437 e. The summed E-state index contributed by atoms with van der Waals surface area (Å²) in [6, 6.07) is 20.1. The maximum absolute atomic E-state index is 15.2. The van der Waals surface area contributed by atoms with Crippen molar-refractivity contribution in [1.82, 2.24) is 20.3 Å². The minimum absolute atomic E-state index is 0. The van der Waals surface area contributed by atoms with Crippen LogP contribution in [0, 0.1) is 24.1 Å². The Hall–Kier alpha value is -4.83. The predicted octanol–water partition coefficient (Wildman–Crippen LogP) is 6.33. The molecular formula is C33H31ClFN7O3S. The lowest BCUT2D eigenvalue weighted by Crippen LogP contribution is -2.38. The predicted molar refractivity (Wildman–Crippen MR) is 178 cm³/mol. The number of rotatable bonds is 9. The molecule has 1 atom stereocenters. The molecule has 1 saturated heterocycles. The van der Waals surface area contributed by atoms with Gasteiger partial charge in [-0.05, 0) is 73.8 Å². The molecule has 1 aliphatic rings. The lowest BCUT2D eigenvalue weighted by atomic mass is 10.0. The highest BCUT2D eigenvalue weighted by atomic mass is 35.5. The first-order valence-electron chi connectivity index (χ1n) is 14.4. The van der Waals surface area contributed by atoms with Crippen LogP contribution in [-0.2, 0) is 15.8 Å². The molecule has 0 spiro atoms. The van der Waals surface area contributed by atoms with E-state index in [1.54, 1.807) is 60.9 Å². The number of ether oxygens (including phenoxy) is 1. The zero-order valence-corrected chi connectivity index (χ0v) is 26.5. The summed E-state index contributed by atoms with van der Waals surface area (Å²) in [6.45, 7) is 3.68. The molecule has 0 unspecified atom stereocenters. The Bertz CT molecular complexity index is 2030. The topological polar surface area (TPSA) is 142 Å². The third-order valence-corrected chi connectivity index (χ3v) is 8.78. The molecule has 2 aromatic heterocycles. The van der Waals surface area contributed by atoms with Crippen molar-refractivity contribution in [2.24, 2.45) is 0 Å². The third kappa shape index (κ3) is 7.18. The number of nitrogens with one attached hydrogen (secondary N) is 3. The van der Waals surface area contributed by atoms with Gasteiger partial charge in [-0.2, -0.15) is 5.26 Å².